The van der Waals surface area contributed by atoms with Crippen molar-refractivity contribution in [2.45, 2.75) is 0 Å². The van der Waals surface area contributed by atoms with E-state index in [0.717, 1.165) is 0 Å². The molecule has 0 bridgehead atoms. The molecule has 27 heavy (non-hydrogen) atoms. The summed E-state index contributed by atoms with van der Waals surface area (Å²) < 4.78 is 5.64. The summed E-state index contributed by atoms with van der Waals surface area (Å²) >= 11 is 11.9. The Morgan fingerprint density at radius 1 is 0.963 bits per heavy atom. The molecule has 3 rings (SSSR count). The van der Waals surface area contributed by atoms with Crippen LogP contribution in [0, 0.1) is 0 Å². The van der Waals surface area contributed by atoms with Gasteiger partial charge in [0.05, 0.1) is 10.0 Å². The van der Waals surface area contributed by atoms with E-state index in [4.69, 9.17) is 27.6 Å². The number of carboxylic acids is 1. The van der Waals surface area contributed by atoms with Gasteiger partial charge in [-0.05, 0) is 42.5 Å². The van der Waals surface area contributed by atoms with Crippen molar-refractivity contribution in [3.05, 3.63) is 87.7 Å². The van der Waals surface area contributed by atoms with Crippen LogP contribution in [0.5, 0.6) is 0 Å². The van der Waals surface area contributed by atoms with Gasteiger partial charge in [-0.15, -0.1) is 0 Å². The highest BCUT2D eigenvalue weighted by atomic mass is 35.5. The summed E-state index contributed by atoms with van der Waals surface area (Å²) in [5, 5.41) is 12.5. The van der Waals surface area contributed by atoms with Crippen molar-refractivity contribution >= 4 is 41.2 Å². The summed E-state index contributed by atoms with van der Waals surface area (Å²) in [6.07, 6.45) is 1.24. The van der Waals surface area contributed by atoms with Gasteiger partial charge in [0.1, 0.15) is 17.2 Å². The summed E-state index contributed by atoms with van der Waals surface area (Å²) in [6.45, 7) is 0. The van der Waals surface area contributed by atoms with Crippen LogP contribution in [0.15, 0.2) is 70.8 Å². The van der Waals surface area contributed by atoms with Gasteiger partial charge in [0.25, 0.3) is 5.91 Å². The fraction of sp³-hybridized carbons (Fsp3) is 0. The monoisotopic (exact) mass is 401 g/mol. The number of nitrogens with one attached hydrogen (secondary N) is 1. The molecule has 0 aliphatic heterocycles. The molecule has 0 aliphatic rings. The van der Waals surface area contributed by atoms with Crippen LogP contribution < -0.4 is 5.32 Å². The lowest BCUT2D eigenvalue weighted by Gasteiger charge is -2.05. The second-order valence-corrected chi connectivity index (χ2v) is 6.33. The van der Waals surface area contributed by atoms with Crippen molar-refractivity contribution in [1.82, 2.24) is 5.32 Å². The Labute approximate surface area is 164 Å². The first kappa shape index (κ1) is 18.8. The van der Waals surface area contributed by atoms with E-state index in [1.54, 1.807) is 60.7 Å². The van der Waals surface area contributed by atoms with E-state index in [1.165, 1.54) is 6.08 Å². The molecule has 0 saturated heterocycles. The molecule has 5 nitrogen and oxygen atoms in total. The third-order valence-corrected chi connectivity index (χ3v) is 4.37. The number of amides is 1. The molecule has 136 valence electrons. The van der Waals surface area contributed by atoms with Gasteiger partial charge in [0, 0.05) is 17.2 Å². The number of aliphatic carboxylic acids is 1. The van der Waals surface area contributed by atoms with E-state index in [2.05, 4.69) is 5.32 Å². The minimum atomic E-state index is -1.29. The Hall–Kier alpha value is -3.02. The number of benzene rings is 2. The highest BCUT2D eigenvalue weighted by Crippen LogP contribution is 2.30. The first-order valence-electron chi connectivity index (χ1n) is 7.80. The average Bonchev–Trinajstić information content (AvgIpc) is 3.12. The van der Waals surface area contributed by atoms with Crippen molar-refractivity contribution in [3.8, 4) is 11.3 Å². The van der Waals surface area contributed by atoms with E-state index in [1.807, 2.05) is 0 Å². The number of furan rings is 1. The molecule has 0 atom stereocenters. The van der Waals surface area contributed by atoms with Gasteiger partial charge >= 0.3 is 5.97 Å². The van der Waals surface area contributed by atoms with Crippen LogP contribution in [0.4, 0.5) is 0 Å². The number of rotatable bonds is 5. The maximum absolute atomic E-state index is 12.2. The lowest BCUT2D eigenvalue weighted by molar-refractivity contribution is -0.132. The van der Waals surface area contributed by atoms with Crippen molar-refractivity contribution in [2.75, 3.05) is 0 Å². The summed E-state index contributed by atoms with van der Waals surface area (Å²) in [7, 11) is 0. The molecular weight excluding hydrogens is 389 g/mol. The molecular formula is C20H13Cl2NO4. The van der Waals surface area contributed by atoms with E-state index in [9.17, 15) is 14.7 Å². The minimum Gasteiger partial charge on any atom is -0.477 e. The maximum atomic E-state index is 12.2. The quantitative estimate of drug-likeness (QED) is 0.582. The fourth-order valence-electron chi connectivity index (χ4n) is 2.31. The Balaban J connectivity index is 1.84. The van der Waals surface area contributed by atoms with Crippen LogP contribution in [0.1, 0.15) is 16.1 Å². The van der Waals surface area contributed by atoms with Crippen LogP contribution in [-0.2, 0) is 4.79 Å². The zero-order chi connectivity index (χ0) is 19.4. The van der Waals surface area contributed by atoms with Gasteiger partial charge in [0.2, 0.25) is 0 Å². The normalized spacial score (nSPS) is 11.3. The molecule has 7 heteroatoms. The Bertz CT molecular complexity index is 1030. The average molecular weight is 402 g/mol. The molecule has 1 aromatic heterocycles. The minimum absolute atomic E-state index is 0.266. The second kappa shape index (κ2) is 8.12. The van der Waals surface area contributed by atoms with Gasteiger partial charge in [-0.2, -0.15) is 0 Å². The van der Waals surface area contributed by atoms with Gasteiger partial charge in [-0.25, -0.2) is 4.79 Å². The summed E-state index contributed by atoms with van der Waals surface area (Å²) in [5.41, 5.74) is 0.730. The van der Waals surface area contributed by atoms with Crippen LogP contribution in [-0.4, -0.2) is 17.0 Å². The lowest BCUT2D eigenvalue weighted by atomic mass is 10.2. The Kier molecular flexibility index (Phi) is 5.64. The molecule has 0 fully saturated rings. The molecule has 1 heterocycles. The van der Waals surface area contributed by atoms with Gasteiger partial charge in [-0.3, -0.25) is 4.79 Å². The predicted molar refractivity (Wildman–Crippen MR) is 104 cm³/mol. The fourth-order valence-corrected chi connectivity index (χ4v) is 2.61. The molecule has 0 saturated carbocycles. The van der Waals surface area contributed by atoms with Gasteiger partial charge < -0.3 is 14.8 Å². The molecule has 0 radical (unpaired) electrons. The third-order valence-electron chi connectivity index (χ3n) is 3.63. The molecule has 0 spiro atoms. The molecule has 2 aromatic carbocycles. The lowest BCUT2D eigenvalue weighted by Crippen LogP contribution is -2.27. The largest absolute Gasteiger partial charge is 0.477 e. The van der Waals surface area contributed by atoms with Crippen molar-refractivity contribution in [1.29, 1.82) is 0 Å². The highest BCUT2D eigenvalue weighted by molar-refractivity contribution is 6.42. The highest BCUT2D eigenvalue weighted by Gasteiger charge is 2.14. The van der Waals surface area contributed by atoms with Gasteiger partial charge in [0.15, 0.2) is 0 Å². The molecule has 2 N–H and O–H groups in total. The van der Waals surface area contributed by atoms with E-state index in [-0.39, 0.29) is 11.5 Å². The van der Waals surface area contributed by atoms with Gasteiger partial charge in [-0.1, -0.05) is 41.4 Å². The third kappa shape index (κ3) is 4.58. The zero-order valence-corrected chi connectivity index (χ0v) is 15.3. The Morgan fingerprint density at radius 2 is 1.70 bits per heavy atom. The molecule has 1 amide bonds. The molecule has 0 aliphatic carbocycles. The molecule has 3 aromatic rings. The zero-order valence-electron chi connectivity index (χ0n) is 13.8. The number of carboxylic acid groups (broad SMARTS) is 1. The van der Waals surface area contributed by atoms with E-state index >= 15 is 0 Å². The van der Waals surface area contributed by atoms with Crippen molar-refractivity contribution in [3.63, 3.8) is 0 Å². The number of hydrogen-bond donors (Lipinski definition) is 2. The first-order valence-corrected chi connectivity index (χ1v) is 8.56. The van der Waals surface area contributed by atoms with E-state index < -0.39 is 11.9 Å². The maximum Gasteiger partial charge on any atom is 0.352 e. The van der Waals surface area contributed by atoms with E-state index in [0.29, 0.717) is 26.9 Å². The SMILES string of the molecule is O=C(O)C(=Cc1ccc(-c2ccc(Cl)c(Cl)c2)o1)NC(=O)c1ccccc1. The van der Waals surface area contributed by atoms with Crippen LogP contribution in [0.3, 0.4) is 0 Å². The summed E-state index contributed by atoms with van der Waals surface area (Å²) in [5.74, 6) is -1.06. The topological polar surface area (TPSA) is 79.5 Å². The Morgan fingerprint density at radius 3 is 2.37 bits per heavy atom. The van der Waals surface area contributed by atoms with Crippen LogP contribution in [0.25, 0.3) is 17.4 Å². The van der Waals surface area contributed by atoms with Crippen molar-refractivity contribution in [2.24, 2.45) is 0 Å². The predicted octanol–water partition coefficient (Wildman–Crippen LogP) is 5.11. The van der Waals surface area contributed by atoms with Crippen LogP contribution in [0.2, 0.25) is 10.0 Å². The number of carbonyl (C=O) groups is 2. The van der Waals surface area contributed by atoms with Crippen molar-refractivity contribution < 1.29 is 19.1 Å². The first-order chi connectivity index (χ1) is 12.9. The summed E-state index contributed by atoms with van der Waals surface area (Å²) in [6, 6.07) is 16.6. The smallest absolute Gasteiger partial charge is 0.352 e. The molecule has 0 unspecified atom stereocenters. The summed E-state index contributed by atoms with van der Waals surface area (Å²) in [4.78, 5) is 23.6. The van der Waals surface area contributed by atoms with Crippen LogP contribution >= 0.6 is 23.2 Å². The number of hydrogen-bond acceptors (Lipinski definition) is 3. The second-order valence-electron chi connectivity index (χ2n) is 5.51. The number of halogens is 2. The standard InChI is InChI=1S/C20H13Cl2NO4/c21-15-8-6-13(10-16(15)22)18-9-7-14(27-18)11-17(20(25)26)23-19(24)12-4-2-1-3-5-12/h1-11H,(H,23,24)(H,25,26). The number of carbonyl (C=O) groups excluding carboxylic acids is 1.